The maximum Gasteiger partial charge on any atom is 0.261 e. The molecule has 0 atom stereocenters. The van der Waals surface area contributed by atoms with E-state index in [2.05, 4.69) is 0 Å². The SMILES string of the molecule is N#Cc1ccc(Oc2ccc(S(=O)(=O)Cl)cc2Cl)cc1F. The second kappa shape index (κ2) is 5.90. The van der Waals surface area contributed by atoms with Crippen LogP contribution < -0.4 is 4.74 Å². The van der Waals surface area contributed by atoms with Gasteiger partial charge >= 0.3 is 0 Å². The highest BCUT2D eigenvalue weighted by molar-refractivity contribution is 8.13. The van der Waals surface area contributed by atoms with Crippen LogP contribution in [0.5, 0.6) is 11.5 Å². The van der Waals surface area contributed by atoms with Gasteiger partial charge in [0.1, 0.15) is 23.4 Å². The summed E-state index contributed by atoms with van der Waals surface area (Å²) >= 11 is 5.89. The van der Waals surface area contributed by atoms with Crippen molar-refractivity contribution in [3.63, 3.8) is 0 Å². The smallest absolute Gasteiger partial charge is 0.261 e. The maximum atomic E-state index is 13.4. The Balaban J connectivity index is 2.33. The van der Waals surface area contributed by atoms with Crippen LogP contribution in [0.4, 0.5) is 4.39 Å². The fraction of sp³-hybridized carbons (Fsp3) is 0. The number of nitrogens with zero attached hydrogens (tertiary/aromatic N) is 1. The highest BCUT2D eigenvalue weighted by atomic mass is 35.7. The van der Waals surface area contributed by atoms with Crippen molar-refractivity contribution in [1.82, 2.24) is 0 Å². The third-order valence-electron chi connectivity index (χ3n) is 2.47. The highest BCUT2D eigenvalue weighted by Gasteiger charge is 2.13. The average molecular weight is 346 g/mol. The standard InChI is InChI=1S/C13H6Cl2FNO3S/c14-11-6-10(21(15,18)19)3-4-13(11)20-9-2-1-8(7-17)12(16)5-9/h1-6H. The van der Waals surface area contributed by atoms with Gasteiger partial charge in [0.15, 0.2) is 0 Å². The Labute approximate surface area is 129 Å². The topological polar surface area (TPSA) is 67.2 Å². The first kappa shape index (κ1) is 15.6. The molecule has 2 aromatic carbocycles. The number of hydrogen-bond acceptors (Lipinski definition) is 4. The van der Waals surface area contributed by atoms with Crippen LogP contribution in [-0.2, 0) is 9.05 Å². The highest BCUT2D eigenvalue weighted by Crippen LogP contribution is 2.32. The molecule has 0 N–H and O–H groups in total. The van der Waals surface area contributed by atoms with Gasteiger partial charge in [-0.15, -0.1) is 0 Å². The zero-order chi connectivity index (χ0) is 15.6. The van der Waals surface area contributed by atoms with E-state index in [0.717, 1.165) is 12.1 Å². The molecule has 0 aliphatic rings. The summed E-state index contributed by atoms with van der Waals surface area (Å²) in [5.41, 5.74) is -0.114. The lowest BCUT2D eigenvalue weighted by molar-refractivity contribution is 0.476. The predicted octanol–water partition coefficient (Wildman–Crippen LogP) is 4.07. The summed E-state index contributed by atoms with van der Waals surface area (Å²) in [6.45, 7) is 0. The minimum Gasteiger partial charge on any atom is -0.456 e. The Morgan fingerprint density at radius 1 is 1.19 bits per heavy atom. The molecule has 4 nitrogen and oxygen atoms in total. The molecule has 0 amide bonds. The van der Waals surface area contributed by atoms with Crippen LogP contribution in [0.15, 0.2) is 41.3 Å². The van der Waals surface area contributed by atoms with Crippen molar-refractivity contribution in [3.8, 4) is 17.6 Å². The van der Waals surface area contributed by atoms with E-state index in [1.54, 1.807) is 6.07 Å². The van der Waals surface area contributed by atoms with Gasteiger partial charge in [0.05, 0.1) is 15.5 Å². The lowest BCUT2D eigenvalue weighted by Gasteiger charge is -2.08. The molecule has 21 heavy (non-hydrogen) atoms. The van der Waals surface area contributed by atoms with Gasteiger partial charge < -0.3 is 4.74 Å². The molecule has 0 saturated heterocycles. The van der Waals surface area contributed by atoms with Gasteiger partial charge in [0.2, 0.25) is 0 Å². The second-order valence-corrected chi connectivity index (χ2v) is 6.86. The van der Waals surface area contributed by atoms with E-state index in [1.165, 1.54) is 24.3 Å². The Morgan fingerprint density at radius 3 is 2.43 bits per heavy atom. The quantitative estimate of drug-likeness (QED) is 0.786. The molecule has 0 aromatic heterocycles. The number of rotatable bonds is 3. The number of nitriles is 1. The summed E-state index contributed by atoms with van der Waals surface area (Å²) in [7, 11) is 1.30. The van der Waals surface area contributed by atoms with E-state index in [-0.39, 0.29) is 27.0 Å². The second-order valence-electron chi connectivity index (χ2n) is 3.89. The molecule has 2 rings (SSSR count). The number of halogens is 3. The molecular formula is C13H6Cl2FNO3S. The maximum absolute atomic E-state index is 13.4. The Kier molecular flexibility index (Phi) is 4.37. The van der Waals surface area contributed by atoms with Crippen LogP contribution in [0.25, 0.3) is 0 Å². The Hall–Kier alpha value is -1.81. The van der Waals surface area contributed by atoms with Crippen molar-refractivity contribution in [2.45, 2.75) is 4.90 Å². The van der Waals surface area contributed by atoms with Crippen molar-refractivity contribution < 1.29 is 17.5 Å². The Bertz CT molecular complexity index is 847. The number of hydrogen-bond donors (Lipinski definition) is 0. The molecule has 8 heteroatoms. The molecule has 0 fully saturated rings. The molecular weight excluding hydrogens is 340 g/mol. The number of ether oxygens (including phenoxy) is 1. The summed E-state index contributed by atoms with van der Waals surface area (Å²) in [6, 6.07) is 9.00. The predicted molar refractivity (Wildman–Crippen MR) is 75.7 cm³/mol. The summed E-state index contributed by atoms with van der Waals surface area (Å²) in [5, 5.41) is 8.63. The zero-order valence-corrected chi connectivity index (χ0v) is 12.5. The molecule has 0 aliphatic heterocycles. The third kappa shape index (κ3) is 3.64. The summed E-state index contributed by atoms with van der Waals surface area (Å²) < 4.78 is 41.1. The van der Waals surface area contributed by atoms with Crippen molar-refractivity contribution >= 4 is 31.3 Å². The van der Waals surface area contributed by atoms with Crippen molar-refractivity contribution in [2.75, 3.05) is 0 Å². The van der Waals surface area contributed by atoms with Gasteiger partial charge in [-0.1, -0.05) is 11.6 Å². The zero-order valence-electron chi connectivity index (χ0n) is 10.2. The van der Waals surface area contributed by atoms with Crippen molar-refractivity contribution in [2.24, 2.45) is 0 Å². The van der Waals surface area contributed by atoms with Crippen LogP contribution in [-0.4, -0.2) is 8.42 Å². The molecule has 0 radical (unpaired) electrons. The van der Waals surface area contributed by atoms with E-state index in [9.17, 15) is 12.8 Å². The number of benzene rings is 2. The van der Waals surface area contributed by atoms with Crippen molar-refractivity contribution in [3.05, 3.63) is 52.8 Å². The fourth-order valence-electron chi connectivity index (χ4n) is 1.49. The molecule has 0 saturated carbocycles. The van der Waals surface area contributed by atoms with Crippen LogP contribution in [0.2, 0.25) is 5.02 Å². The van der Waals surface area contributed by atoms with Crippen LogP contribution in [0.1, 0.15) is 5.56 Å². The lowest BCUT2D eigenvalue weighted by Crippen LogP contribution is -1.93. The van der Waals surface area contributed by atoms with E-state index >= 15 is 0 Å². The van der Waals surface area contributed by atoms with Crippen LogP contribution in [0.3, 0.4) is 0 Å². The molecule has 0 bridgehead atoms. The minimum absolute atomic E-state index is 0.00138. The summed E-state index contributed by atoms with van der Waals surface area (Å²) in [4.78, 5) is -0.174. The molecule has 2 aromatic rings. The average Bonchev–Trinajstić information content (AvgIpc) is 2.40. The van der Waals surface area contributed by atoms with Gasteiger partial charge in [0.25, 0.3) is 9.05 Å². The van der Waals surface area contributed by atoms with Crippen LogP contribution >= 0.6 is 22.3 Å². The van der Waals surface area contributed by atoms with E-state index in [4.69, 9.17) is 32.3 Å². The molecule has 0 spiro atoms. The summed E-state index contributed by atoms with van der Waals surface area (Å²) in [5.74, 6) is -0.481. The molecule has 0 aliphatic carbocycles. The normalized spacial score (nSPS) is 11.0. The van der Waals surface area contributed by atoms with E-state index in [1.807, 2.05) is 0 Å². The molecule has 108 valence electrons. The van der Waals surface area contributed by atoms with E-state index < -0.39 is 14.9 Å². The van der Waals surface area contributed by atoms with Crippen LogP contribution in [0, 0.1) is 17.1 Å². The summed E-state index contributed by atoms with van der Waals surface area (Å²) in [6.07, 6.45) is 0. The van der Waals surface area contributed by atoms with Gasteiger partial charge in [-0.3, -0.25) is 0 Å². The van der Waals surface area contributed by atoms with Gasteiger partial charge in [0, 0.05) is 16.7 Å². The molecule has 0 unspecified atom stereocenters. The first-order chi connectivity index (χ1) is 9.81. The van der Waals surface area contributed by atoms with Crippen molar-refractivity contribution in [1.29, 1.82) is 5.26 Å². The lowest BCUT2D eigenvalue weighted by atomic mass is 10.2. The third-order valence-corrected chi connectivity index (χ3v) is 4.12. The van der Waals surface area contributed by atoms with Gasteiger partial charge in [-0.2, -0.15) is 5.26 Å². The molecule has 0 heterocycles. The van der Waals surface area contributed by atoms with Gasteiger partial charge in [-0.05, 0) is 30.3 Å². The first-order valence-electron chi connectivity index (χ1n) is 5.43. The minimum atomic E-state index is -3.89. The monoisotopic (exact) mass is 345 g/mol. The fourth-order valence-corrected chi connectivity index (χ4v) is 2.55. The van der Waals surface area contributed by atoms with Gasteiger partial charge in [-0.25, -0.2) is 12.8 Å². The Morgan fingerprint density at radius 2 is 1.90 bits per heavy atom. The first-order valence-corrected chi connectivity index (χ1v) is 8.11. The van der Waals surface area contributed by atoms with E-state index in [0.29, 0.717) is 0 Å². The largest absolute Gasteiger partial charge is 0.456 e.